The average molecular weight is 1250 g/mol. The van der Waals surface area contributed by atoms with Gasteiger partial charge in [0.2, 0.25) is 0 Å². The fraction of sp³-hybridized carbons (Fsp3) is 0.800. The second-order valence-electron chi connectivity index (χ2n) is 23.6. The third kappa shape index (κ3) is 50.6. The topological polar surface area (TPSA) is 226 Å². The molecule has 0 saturated carbocycles. The molecule has 0 spiro atoms. The molecule has 0 radical (unpaired) electrons. The van der Waals surface area contributed by atoms with E-state index in [2.05, 4.69) is 56.1 Å². The van der Waals surface area contributed by atoms with Crippen molar-refractivity contribution in [2.75, 3.05) is 72.4 Å². The predicted molar refractivity (Wildman–Crippen MR) is 344 cm³/mol. The van der Waals surface area contributed by atoms with Crippen LogP contribution in [0.5, 0.6) is 0 Å². The summed E-state index contributed by atoms with van der Waals surface area (Å²) < 4.78 is 45.4. The minimum absolute atomic E-state index is 0.0537. The molecule has 506 valence electrons. The van der Waals surface area contributed by atoms with Crippen molar-refractivity contribution in [1.29, 1.82) is 0 Å². The molecule has 1 N–H and O–H groups in total. The number of amides is 1. The van der Waals surface area contributed by atoms with Gasteiger partial charge < -0.3 is 48.1 Å². The number of esters is 7. The second-order valence-corrected chi connectivity index (χ2v) is 23.6. The number of ether oxygens (including phenoxy) is 8. The van der Waals surface area contributed by atoms with E-state index >= 15 is 0 Å². The van der Waals surface area contributed by atoms with Crippen LogP contribution >= 0.6 is 0 Å². The number of rotatable bonds is 59. The molecule has 1 saturated heterocycles. The van der Waals surface area contributed by atoms with Crippen molar-refractivity contribution in [1.82, 2.24) is 10.2 Å². The van der Waals surface area contributed by atoms with E-state index in [1.54, 1.807) is 0 Å². The molecule has 1 atom stereocenters. The Balaban J connectivity index is 3.12. The Labute approximate surface area is 530 Å². The molecule has 1 aliphatic heterocycles. The van der Waals surface area contributed by atoms with Crippen LogP contribution in [0.25, 0.3) is 0 Å². The molecule has 0 aromatic heterocycles. The summed E-state index contributed by atoms with van der Waals surface area (Å²) in [6.07, 6.45) is 38.4. The Bertz CT molecular complexity index is 1760. The molecule has 0 aromatic rings. The quantitative estimate of drug-likeness (QED) is 0.0258. The van der Waals surface area contributed by atoms with Gasteiger partial charge in [0, 0.05) is 58.0 Å². The Morgan fingerprint density at radius 2 is 0.693 bits per heavy atom. The third-order valence-electron chi connectivity index (χ3n) is 15.2. The van der Waals surface area contributed by atoms with Gasteiger partial charge in [0.15, 0.2) is 0 Å². The largest absolute Gasteiger partial charge is 0.465 e. The van der Waals surface area contributed by atoms with Crippen molar-refractivity contribution in [3.63, 3.8) is 0 Å². The first kappa shape index (κ1) is 80.8. The van der Waals surface area contributed by atoms with Gasteiger partial charge in [0.25, 0.3) is 0 Å². The van der Waals surface area contributed by atoms with Crippen molar-refractivity contribution in [2.45, 2.75) is 284 Å². The van der Waals surface area contributed by atoms with Crippen LogP contribution in [0.1, 0.15) is 278 Å². The average Bonchev–Trinajstić information content (AvgIpc) is 4.16. The fourth-order valence-electron chi connectivity index (χ4n) is 9.62. The Morgan fingerprint density at radius 1 is 0.375 bits per heavy atom. The lowest BCUT2D eigenvalue weighted by Gasteiger charge is -2.31. The van der Waals surface area contributed by atoms with Crippen molar-refractivity contribution in [3.8, 4) is 0 Å². The molecule has 1 heterocycles. The van der Waals surface area contributed by atoms with Crippen LogP contribution in [-0.2, 0) is 71.5 Å². The molecule has 1 unspecified atom stereocenters. The number of likely N-dealkylation sites (tertiary alicyclic amines) is 1. The first-order chi connectivity index (χ1) is 42.8. The van der Waals surface area contributed by atoms with Gasteiger partial charge in [0.1, 0.15) is 37.9 Å². The number of carbonyl (C=O) groups excluding carboxylic acids is 8. The van der Waals surface area contributed by atoms with Gasteiger partial charge in [-0.3, -0.25) is 33.6 Å². The third-order valence-corrected chi connectivity index (χ3v) is 15.2. The monoisotopic (exact) mass is 1240 g/mol. The van der Waals surface area contributed by atoms with E-state index in [9.17, 15) is 38.4 Å². The van der Waals surface area contributed by atoms with Gasteiger partial charge in [-0.25, -0.2) is 4.79 Å². The second kappa shape index (κ2) is 58.1. The smallest absolute Gasteiger partial charge is 0.407 e. The standard InChI is InChI=1S/C70H120N2O16/c1-5-9-13-17-26-38-54-81-62(73)42-30-20-23-33-45-65(76)84-57-70(58-85-66(77)46-34-24-21-31-43-63(74)82-55-39-27-18-14-10-6-2,59-86-67(78)47-35-25-22-32-44-64(75)83-56-40-28-19-15-11-7-3)60-87-68(79)49-48-61(41-29-16-12-8-4)88-69(80)71-50-53-72-51-36-37-52-72/h17-19,26-28,61H,5-16,20-25,29-60H2,1-4H3,(H,71,80)/b26-17-,27-18-,28-19-. The van der Waals surface area contributed by atoms with Gasteiger partial charge in [0.05, 0.1) is 19.8 Å². The van der Waals surface area contributed by atoms with Crippen LogP contribution in [0.3, 0.4) is 0 Å². The lowest BCUT2D eigenvalue weighted by molar-refractivity contribution is -0.171. The van der Waals surface area contributed by atoms with Crippen LogP contribution in [0.15, 0.2) is 36.5 Å². The Morgan fingerprint density at radius 3 is 1.05 bits per heavy atom. The molecule has 1 fully saturated rings. The minimum Gasteiger partial charge on any atom is -0.465 e. The molecule has 1 aliphatic rings. The normalized spacial score (nSPS) is 13.0. The zero-order valence-electron chi connectivity index (χ0n) is 55.4. The van der Waals surface area contributed by atoms with E-state index in [0.29, 0.717) is 129 Å². The summed E-state index contributed by atoms with van der Waals surface area (Å²) in [5.41, 5.74) is -1.50. The number of hydrogen-bond donors (Lipinski definition) is 1. The summed E-state index contributed by atoms with van der Waals surface area (Å²) in [6.45, 7) is 11.1. The molecular formula is C70H120N2O16. The first-order valence-electron chi connectivity index (χ1n) is 34.6. The fourth-order valence-corrected chi connectivity index (χ4v) is 9.62. The lowest BCUT2D eigenvalue weighted by atomic mass is 9.92. The van der Waals surface area contributed by atoms with E-state index in [1.165, 1.54) is 0 Å². The number of unbranched alkanes of at least 4 members (excludes halogenated alkanes) is 18. The zero-order chi connectivity index (χ0) is 64.2. The van der Waals surface area contributed by atoms with Crippen molar-refractivity contribution < 1.29 is 76.3 Å². The van der Waals surface area contributed by atoms with Gasteiger partial charge in [-0.05, 0) is 122 Å². The van der Waals surface area contributed by atoms with Crippen LogP contribution in [0, 0.1) is 5.41 Å². The zero-order valence-corrected chi connectivity index (χ0v) is 55.4. The first-order valence-corrected chi connectivity index (χ1v) is 34.6. The molecule has 88 heavy (non-hydrogen) atoms. The van der Waals surface area contributed by atoms with Gasteiger partial charge >= 0.3 is 47.9 Å². The molecule has 0 aliphatic carbocycles. The van der Waals surface area contributed by atoms with Gasteiger partial charge in [-0.1, -0.05) is 160 Å². The summed E-state index contributed by atoms with van der Waals surface area (Å²) in [7, 11) is 0. The van der Waals surface area contributed by atoms with Crippen LogP contribution in [-0.4, -0.2) is 131 Å². The molecule has 0 bridgehead atoms. The van der Waals surface area contributed by atoms with Crippen molar-refractivity contribution >= 4 is 47.9 Å². The number of hydrogen-bond acceptors (Lipinski definition) is 17. The van der Waals surface area contributed by atoms with Crippen LogP contribution < -0.4 is 5.32 Å². The van der Waals surface area contributed by atoms with Gasteiger partial charge in [-0.2, -0.15) is 0 Å². The SMILES string of the molecule is CCCC/C=C\CCOC(=O)CCCCCCC(=O)OCC(COC(=O)CCCCCCC(=O)OCC/C=C\CCCC)(COC(=O)CCCCCCC(=O)OCC/C=C\CCCC)COC(=O)CCC(CCCCCC)OC(=O)NCCN1CCCC1. The number of nitrogens with one attached hydrogen (secondary N) is 1. The number of alkyl carbamates (subject to hydrolysis) is 1. The molecular weight excluding hydrogens is 1120 g/mol. The highest BCUT2D eigenvalue weighted by molar-refractivity contribution is 5.72. The summed E-state index contributed by atoms with van der Waals surface area (Å²) in [5.74, 6) is -3.02. The summed E-state index contributed by atoms with van der Waals surface area (Å²) in [5, 5.41) is 2.86. The maximum absolute atomic E-state index is 13.7. The van der Waals surface area contributed by atoms with Crippen LogP contribution in [0.4, 0.5) is 4.79 Å². The van der Waals surface area contributed by atoms with E-state index < -0.39 is 67.9 Å². The molecule has 0 aromatic carbocycles. The van der Waals surface area contributed by atoms with Crippen molar-refractivity contribution in [2.24, 2.45) is 5.41 Å². The summed E-state index contributed by atoms with van der Waals surface area (Å²) in [6, 6.07) is 0. The number of nitrogens with zero attached hydrogens (tertiary/aromatic N) is 1. The van der Waals surface area contributed by atoms with Crippen LogP contribution in [0.2, 0.25) is 0 Å². The Hall–Kier alpha value is -5.26. The molecule has 18 heteroatoms. The molecule has 1 rings (SSSR count). The molecule has 18 nitrogen and oxygen atoms in total. The van der Waals surface area contributed by atoms with E-state index in [1.807, 2.05) is 18.2 Å². The summed E-state index contributed by atoms with van der Waals surface area (Å²) in [4.78, 5) is 106. The highest BCUT2D eigenvalue weighted by Gasteiger charge is 2.38. The highest BCUT2D eigenvalue weighted by atomic mass is 16.6. The maximum atomic E-state index is 13.7. The van der Waals surface area contributed by atoms with E-state index in [-0.39, 0.29) is 69.3 Å². The number of allylic oxidation sites excluding steroid dienone is 3. The predicted octanol–water partition coefficient (Wildman–Crippen LogP) is 15.1. The van der Waals surface area contributed by atoms with E-state index in [4.69, 9.17) is 37.9 Å². The maximum Gasteiger partial charge on any atom is 0.407 e. The lowest BCUT2D eigenvalue weighted by Crippen LogP contribution is -2.44. The highest BCUT2D eigenvalue weighted by Crippen LogP contribution is 2.25. The van der Waals surface area contributed by atoms with Gasteiger partial charge in [-0.15, -0.1) is 0 Å². The minimum atomic E-state index is -1.50. The van der Waals surface area contributed by atoms with Crippen molar-refractivity contribution in [3.05, 3.63) is 36.5 Å². The molecule has 1 amide bonds. The number of carbonyl (C=O) groups is 8. The van der Waals surface area contributed by atoms with E-state index in [0.717, 1.165) is 116 Å². The Kier molecular flexibility index (Phi) is 53.3. The summed E-state index contributed by atoms with van der Waals surface area (Å²) >= 11 is 0.